The summed E-state index contributed by atoms with van der Waals surface area (Å²) in [6.07, 6.45) is 4.42. The Morgan fingerprint density at radius 1 is 1.56 bits per heavy atom. The van der Waals surface area contributed by atoms with Gasteiger partial charge in [0.15, 0.2) is 10.8 Å². The SMILES string of the molecule is CCCCN(C)c1nc2sccn2c1CN. The molecule has 0 fully saturated rings. The van der Waals surface area contributed by atoms with Crippen molar-refractivity contribution in [1.29, 1.82) is 0 Å². The molecular weight excluding hydrogens is 220 g/mol. The third-order valence-electron chi connectivity index (χ3n) is 2.74. The maximum Gasteiger partial charge on any atom is 0.195 e. The largest absolute Gasteiger partial charge is 0.358 e. The van der Waals surface area contributed by atoms with E-state index in [2.05, 4.69) is 28.3 Å². The lowest BCUT2D eigenvalue weighted by molar-refractivity contribution is 0.756. The van der Waals surface area contributed by atoms with Crippen LogP contribution in [0.2, 0.25) is 0 Å². The molecule has 88 valence electrons. The summed E-state index contributed by atoms with van der Waals surface area (Å²) in [5, 5.41) is 2.04. The molecule has 0 atom stereocenters. The van der Waals surface area contributed by atoms with Crippen LogP contribution in [-0.2, 0) is 6.54 Å². The summed E-state index contributed by atoms with van der Waals surface area (Å²) in [6.45, 7) is 3.77. The Morgan fingerprint density at radius 2 is 2.38 bits per heavy atom. The molecule has 0 unspecified atom stereocenters. The van der Waals surface area contributed by atoms with Gasteiger partial charge in [0.05, 0.1) is 5.69 Å². The molecule has 4 nitrogen and oxygen atoms in total. The fraction of sp³-hybridized carbons (Fsp3) is 0.545. The zero-order chi connectivity index (χ0) is 11.5. The monoisotopic (exact) mass is 238 g/mol. The average Bonchev–Trinajstić information content (AvgIpc) is 2.84. The number of unbranched alkanes of at least 4 members (excludes halogenated alkanes) is 1. The quantitative estimate of drug-likeness (QED) is 0.867. The van der Waals surface area contributed by atoms with Crippen molar-refractivity contribution in [1.82, 2.24) is 9.38 Å². The lowest BCUT2D eigenvalue weighted by Crippen LogP contribution is -2.21. The summed E-state index contributed by atoms with van der Waals surface area (Å²) in [7, 11) is 2.08. The second-order valence-electron chi connectivity index (χ2n) is 3.92. The third kappa shape index (κ3) is 1.92. The van der Waals surface area contributed by atoms with Crippen molar-refractivity contribution in [3.8, 4) is 0 Å². The lowest BCUT2D eigenvalue weighted by atomic mass is 10.3. The van der Waals surface area contributed by atoms with E-state index in [9.17, 15) is 0 Å². The van der Waals surface area contributed by atoms with Crippen LogP contribution in [0.15, 0.2) is 11.6 Å². The molecule has 16 heavy (non-hydrogen) atoms. The second kappa shape index (κ2) is 4.84. The topological polar surface area (TPSA) is 46.6 Å². The van der Waals surface area contributed by atoms with E-state index in [0.29, 0.717) is 6.54 Å². The molecule has 0 amide bonds. The number of hydrogen-bond donors (Lipinski definition) is 1. The van der Waals surface area contributed by atoms with Gasteiger partial charge >= 0.3 is 0 Å². The lowest BCUT2D eigenvalue weighted by Gasteiger charge is -2.17. The number of aromatic nitrogens is 2. The highest BCUT2D eigenvalue weighted by Crippen LogP contribution is 2.23. The number of anilines is 1. The van der Waals surface area contributed by atoms with Gasteiger partial charge in [-0.2, -0.15) is 0 Å². The Hall–Kier alpha value is -1.07. The van der Waals surface area contributed by atoms with Gasteiger partial charge in [0.25, 0.3) is 0 Å². The van der Waals surface area contributed by atoms with Crippen LogP contribution in [0.4, 0.5) is 5.82 Å². The molecule has 0 aromatic carbocycles. The van der Waals surface area contributed by atoms with Crippen molar-refractivity contribution in [2.45, 2.75) is 26.3 Å². The Kier molecular flexibility index (Phi) is 3.46. The van der Waals surface area contributed by atoms with Crippen LogP contribution in [0.5, 0.6) is 0 Å². The van der Waals surface area contributed by atoms with Crippen molar-refractivity contribution >= 4 is 22.1 Å². The fourth-order valence-electron chi connectivity index (χ4n) is 1.82. The van der Waals surface area contributed by atoms with E-state index in [1.54, 1.807) is 11.3 Å². The molecule has 2 heterocycles. The molecule has 0 aliphatic carbocycles. The Labute approximate surface area is 99.7 Å². The van der Waals surface area contributed by atoms with Gasteiger partial charge in [-0.1, -0.05) is 13.3 Å². The van der Waals surface area contributed by atoms with Crippen LogP contribution in [0, 0.1) is 0 Å². The van der Waals surface area contributed by atoms with E-state index in [4.69, 9.17) is 5.73 Å². The van der Waals surface area contributed by atoms with E-state index in [-0.39, 0.29) is 0 Å². The van der Waals surface area contributed by atoms with Gasteiger partial charge < -0.3 is 10.6 Å². The first kappa shape index (κ1) is 11.4. The van der Waals surface area contributed by atoms with Crippen molar-refractivity contribution < 1.29 is 0 Å². The third-order valence-corrected chi connectivity index (χ3v) is 3.50. The first-order valence-electron chi connectivity index (χ1n) is 5.63. The van der Waals surface area contributed by atoms with Crippen LogP contribution >= 0.6 is 11.3 Å². The zero-order valence-corrected chi connectivity index (χ0v) is 10.6. The van der Waals surface area contributed by atoms with Crippen LogP contribution < -0.4 is 10.6 Å². The first-order valence-corrected chi connectivity index (χ1v) is 6.51. The minimum absolute atomic E-state index is 0.531. The minimum Gasteiger partial charge on any atom is -0.358 e. The highest BCUT2D eigenvalue weighted by atomic mass is 32.1. The Bertz CT molecular complexity index is 459. The number of fused-ring (bicyclic) bond motifs is 1. The summed E-state index contributed by atoms with van der Waals surface area (Å²) >= 11 is 1.65. The van der Waals surface area contributed by atoms with E-state index in [0.717, 1.165) is 23.0 Å². The van der Waals surface area contributed by atoms with Gasteiger partial charge in [-0.15, -0.1) is 11.3 Å². The van der Waals surface area contributed by atoms with Crippen molar-refractivity contribution in [2.75, 3.05) is 18.5 Å². The molecule has 0 aliphatic rings. The van der Waals surface area contributed by atoms with Gasteiger partial charge in [-0.25, -0.2) is 4.98 Å². The maximum atomic E-state index is 5.80. The normalized spacial score (nSPS) is 11.2. The molecule has 5 heteroatoms. The number of thiazole rings is 1. The summed E-state index contributed by atoms with van der Waals surface area (Å²) in [4.78, 5) is 7.85. The Balaban J connectivity index is 2.31. The van der Waals surface area contributed by atoms with Gasteiger partial charge in [-0.3, -0.25) is 4.40 Å². The predicted molar refractivity (Wildman–Crippen MR) is 69.1 cm³/mol. The smallest absolute Gasteiger partial charge is 0.195 e. The van der Waals surface area contributed by atoms with Crippen molar-refractivity contribution in [2.24, 2.45) is 5.73 Å². The predicted octanol–water partition coefficient (Wildman–Crippen LogP) is 2.09. The van der Waals surface area contributed by atoms with Gasteiger partial charge in [0.1, 0.15) is 0 Å². The highest BCUT2D eigenvalue weighted by molar-refractivity contribution is 7.15. The molecule has 2 rings (SSSR count). The zero-order valence-electron chi connectivity index (χ0n) is 9.81. The van der Waals surface area contributed by atoms with E-state index in [1.165, 1.54) is 12.8 Å². The van der Waals surface area contributed by atoms with Crippen LogP contribution in [0.3, 0.4) is 0 Å². The maximum absolute atomic E-state index is 5.80. The van der Waals surface area contributed by atoms with Crippen molar-refractivity contribution in [3.63, 3.8) is 0 Å². The fourth-order valence-corrected chi connectivity index (χ4v) is 2.55. The van der Waals surface area contributed by atoms with E-state index in [1.807, 2.05) is 11.6 Å². The van der Waals surface area contributed by atoms with Crippen molar-refractivity contribution in [3.05, 3.63) is 17.3 Å². The van der Waals surface area contributed by atoms with Gasteiger partial charge in [0, 0.05) is 31.7 Å². The molecule has 2 aromatic rings. The molecule has 0 aliphatic heterocycles. The van der Waals surface area contributed by atoms with E-state index < -0.39 is 0 Å². The summed E-state index contributed by atoms with van der Waals surface area (Å²) in [5.41, 5.74) is 6.91. The standard InChI is InChI=1S/C11H18N4S/c1-3-4-5-14(2)10-9(8-12)15-6-7-16-11(15)13-10/h6-7H,3-5,8,12H2,1-2H3. The Morgan fingerprint density at radius 3 is 3.06 bits per heavy atom. The second-order valence-corrected chi connectivity index (χ2v) is 4.79. The van der Waals surface area contributed by atoms with Gasteiger partial charge in [0.2, 0.25) is 0 Å². The average molecular weight is 238 g/mol. The van der Waals surface area contributed by atoms with Gasteiger partial charge in [-0.05, 0) is 6.42 Å². The number of nitrogens with two attached hydrogens (primary N) is 1. The molecule has 0 saturated heterocycles. The molecule has 0 spiro atoms. The summed E-state index contributed by atoms with van der Waals surface area (Å²) in [6, 6.07) is 0. The van der Waals surface area contributed by atoms with Crippen LogP contribution in [0.1, 0.15) is 25.5 Å². The molecule has 0 bridgehead atoms. The summed E-state index contributed by atoms with van der Waals surface area (Å²) < 4.78 is 2.09. The molecule has 0 saturated carbocycles. The molecular formula is C11H18N4S. The first-order chi connectivity index (χ1) is 7.77. The number of rotatable bonds is 5. The number of nitrogens with zero attached hydrogens (tertiary/aromatic N) is 3. The number of hydrogen-bond acceptors (Lipinski definition) is 4. The minimum atomic E-state index is 0.531. The summed E-state index contributed by atoms with van der Waals surface area (Å²) in [5.74, 6) is 1.03. The van der Waals surface area contributed by atoms with Crippen LogP contribution in [-0.4, -0.2) is 23.0 Å². The highest BCUT2D eigenvalue weighted by Gasteiger charge is 2.14. The molecule has 0 radical (unpaired) electrons. The van der Waals surface area contributed by atoms with E-state index >= 15 is 0 Å². The molecule has 2 aromatic heterocycles. The molecule has 2 N–H and O–H groups in total. The number of imidazole rings is 1. The van der Waals surface area contributed by atoms with Crippen LogP contribution in [0.25, 0.3) is 4.96 Å².